The lowest BCUT2D eigenvalue weighted by Gasteiger charge is -2.20. The summed E-state index contributed by atoms with van der Waals surface area (Å²) in [6.07, 6.45) is 9.51. The molecule has 1 aliphatic rings. The SMILES string of the molecule is CCC(N)NC1CCCCCC1. The molecule has 1 fully saturated rings. The van der Waals surface area contributed by atoms with Gasteiger partial charge in [-0.3, -0.25) is 5.32 Å². The van der Waals surface area contributed by atoms with Crippen LogP contribution in [-0.4, -0.2) is 12.2 Å². The van der Waals surface area contributed by atoms with Crippen molar-refractivity contribution in [2.45, 2.75) is 64.1 Å². The van der Waals surface area contributed by atoms with Crippen molar-refractivity contribution in [3.05, 3.63) is 0 Å². The van der Waals surface area contributed by atoms with Crippen LogP contribution in [0, 0.1) is 0 Å². The zero-order valence-electron chi connectivity index (χ0n) is 8.18. The van der Waals surface area contributed by atoms with E-state index in [2.05, 4.69) is 12.2 Å². The van der Waals surface area contributed by atoms with Gasteiger partial charge in [-0.2, -0.15) is 0 Å². The lowest BCUT2D eigenvalue weighted by Crippen LogP contribution is -2.43. The van der Waals surface area contributed by atoms with E-state index in [1.807, 2.05) is 0 Å². The van der Waals surface area contributed by atoms with Crippen molar-refractivity contribution in [3.63, 3.8) is 0 Å². The van der Waals surface area contributed by atoms with Crippen LogP contribution in [0.2, 0.25) is 0 Å². The van der Waals surface area contributed by atoms with Gasteiger partial charge in [-0.05, 0) is 19.3 Å². The predicted octanol–water partition coefficient (Wildman–Crippen LogP) is 1.99. The molecular formula is C10H22N2. The van der Waals surface area contributed by atoms with Gasteiger partial charge in [0, 0.05) is 6.04 Å². The Labute approximate surface area is 75.9 Å². The zero-order chi connectivity index (χ0) is 8.81. The molecule has 0 saturated heterocycles. The van der Waals surface area contributed by atoms with Gasteiger partial charge in [0.1, 0.15) is 0 Å². The smallest absolute Gasteiger partial charge is 0.0545 e. The van der Waals surface area contributed by atoms with Crippen LogP contribution < -0.4 is 11.1 Å². The van der Waals surface area contributed by atoms with Crippen LogP contribution in [0.5, 0.6) is 0 Å². The lowest BCUT2D eigenvalue weighted by atomic mass is 10.1. The van der Waals surface area contributed by atoms with E-state index in [0.717, 1.165) is 6.42 Å². The van der Waals surface area contributed by atoms with Crippen molar-refractivity contribution < 1.29 is 0 Å². The number of nitrogens with one attached hydrogen (secondary N) is 1. The summed E-state index contributed by atoms with van der Waals surface area (Å²) < 4.78 is 0. The van der Waals surface area contributed by atoms with Crippen molar-refractivity contribution in [2.75, 3.05) is 0 Å². The van der Waals surface area contributed by atoms with E-state index >= 15 is 0 Å². The summed E-state index contributed by atoms with van der Waals surface area (Å²) in [5, 5.41) is 3.49. The largest absolute Gasteiger partial charge is 0.316 e. The summed E-state index contributed by atoms with van der Waals surface area (Å²) in [6.45, 7) is 2.13. The molecule has 0 bridgehead atoms. The van der Waals surface area contributed by atoms with E-state index in [4.69, 9.17) is 5.73 Å². The lowest BCUT2D eigenvalue weighted by molar-refractivity contribution is 0.391. The van der Waals surface area contributed by atoms with Crippen LogP contribution >= 0.6 is 0 Å². The molecule has 0 heterocycles. The maximum absolute atomic E-state index is 5.84. The summed E-state index contributed by atoms with van der Waals surface area (Å²) in [5.74, 6) is 0. The van der Waals surface area contributed by atoms with Gasteiger partial charge >= 0.3 is 0 Å². The highest BCUT2D eigenvalue weighted by Gasteiger charge is 2.13. The second kappa shape index (κ2) is 5.55. The molecule has 0 aromatic rings. The van der Waals surface area contributed by atoms with Crippen LogP contribution in [0.4, 0.5) is 0 Å². The Morgan fingerprint density at radius 3 is 2.33 bits per heavy atom. The Hall–Kier alpha value is -0.0800. The summed E-state index contributed by atoms with van der Waals surface area (Å²) >= 11 is 0. The van der Waals surface area contributed by atoms with Crippen LogP contribution in [-0.2, 0) is 0 Å². The predicted molar refractivity (Wildman–Crippen MR) is 52.9 cm³/mol. The first kappa shape index (κ1) is 10.0. The van der Waals surface area contributed by atoms with Gasteiger partial charge in [0.05, 0.1) is 6.17 Å². The zero-order valence-corrected chi connectivity index (χ0v) is 8.18. The molecule has 1 rings (SSSR count). The molecule has 0 amide bonds. The molecule has 12 heavy (non-hydrogen) atoms. The number of hydrogen-bond acceptors (Lipinski definition) is 2. The van der Waals surface area contributed by atoms with Crippen LogP contribution in [0.15, 0.2) is 0 Å². The quantitative estimate of drug-likeness (QED) is 0.502. The minimum atomic E-state index is 0.216. The van der Waals surface area contributed by atoms with Crippen molar-refractivity contribution in [2.24, 2.45) is 5.73 Å². The molecular weight excluding hydrogens is 148 g/mol. The molecule has 1 saturated carbocycles. The molecule has 2 nitrogen and oxygen atoms in total. The average molecular weight is 170 g/mol. The summed E-state index contributed by atoms with van der Waals surface area (Å²) in [6, 6.07) is 0.697. The molecule has 0 aromatic heterocycles. The monoisotopic (exact) mass is 170 g/mol. The fourth-order valence-corrected chi connectivity index (χ4v) is 1.87. The molecule has 0 aliphatic heterocycles. The molecule has 72 valence electrons. The highest BCUT2D eigenvalue weighted by atomic mass is 15.0. The van der Waals surface area contributed by atoms with Crippen LogP contribution in [0.25, 0.3) is 0 Å². The highest BCUT2D eigenvalue weighted by molar-refractivity contribution is 4.72. The third-order valence-electron chi connectivity index (χ3n) is 2.74. The topological polar surface area (TPSA) is 38.0 Å². The van der Waals surface area contributed by atoms with E-state index < -0.39 is 0 Å². The summed E-state index contributed by atoms with van der Waals surface area (Å²) in [7, 11) is 0. The van der Waals surface area contributed by atoms with Gasteiger partial charge in [0.2, 0.25) is 0 Å². The Morgan fingerprint density at radius 2 is 1.83 bits per heavy atom. The molecule has 2 heteroatoms. The first-order valence-corrected chi connectivity index (χ1v) is 5.34. The van der Waals surface area contributed by atoms with Gasteiger partial charge < -0.3 is 5.73 Å². The Bertz CT molecular complexity index is 106. The van der Waals surface area contributed by atoms with Gasteiger partial charge in [-0.15, -0.1) is 0 Å². The highest BCUT2D eigenvalue weighted by Crippen LogP contribution is 2.17. The van der Waals surface area contributed by atoms with E-state index in [0.29, 0.717) is 6.04 Å². The van der Waals surface area contributed by atoms with Crippen molar-refractivity contribution in [1.82, 2.24) is 5.32 Å². The maximum atomic E-state index is 5.84. The van der Waals surface area contributed by atoms with Crippen molar-refractivity contribution in [3.8, 4) is 0 Å². The van der Waals surface area contributed by atoms with Crippen LogP contribution in [0.1, 0.15) is 51.9 Å². The second-order valence-electron chi connectivity index (χ2n) is 3.87. The molecule has 1 atom stereocenters. The fourth-order valence-electron chi connectivity index (χ4n) is 1.87. The Balaban J connectivity index is 2.20. The molecule has 3 N–H and O–H groups in total. The summed E-state index contributed by atoms with van der Waals surface area (Å²) in [4.78, 5) is 0. The molecule has 1 unspecified atom stereocenters. The maximum Gasteiger partial charge on any atom is 0.0545 e. The third kappa shape index (κ3) is 3.55. The third-order valence-corrected chi connectivity index (χ3v) is 2.74. The van der Waals surface area contributed by atoms with Gasteiger partial charge in [0.25, 0.3) is 0 Å². The Morgan fingerprint density at radius 1 is 1.25 bits per heavy atom. The van der Waals surface area contributed by atoms with E-state index in [-0.39, 0.29) is 6.17 Å². The Kier molecular flexibility index (Phi) is 4.62. The average Bonchev–Trinajstić information content (AvgIpc) is 2.33. The summed E-state index contributed by atoms with van der Waals surface area (Å²) in [5.41, 5.74) is 5.84. The number of rotatable bonds is 3. The first-order valence-electron chi connectivity index (χ1n) is 5.34. The van der Waals surface area contributed by atoms with E-state index in [9.17, 15) is 0 Å². The minimum absolute atomic E-state index is 0.216. The second-order valence-corrected chi connectivity index (χ2v) is 3.87. The van der Waals surface area contributed by atoms with Crippen molar-refractivity contribution in [1.29, 1.82) is 0 Å². The van der Waals surface area contributed by atoms with Gasteiger partial charge in [-0.25, -0.2) is 0 Å². The fraction of sp³-hybridized carbons (Fsp3) is 1.00. The van der Waals surface area contributed by atoms with E-state index in [1.165, 1.54) is 38.5 Å². The van der Waals surface area contributed by atoms with Crippen molar-refractivity contribution >= 4 is 0 Å². The first-order chi connectivity index (χ1) is 5.83. The number of nitrogens with two attached hydrogens (primary N) is 1. The van der Waals surface area contributed by atoms with Crippen LogP contribution in [0.3, 0.4) is 0 Å². The molecule has 1 aliphatic carbocycles. The van der Waals surface area contributed by atoms with Gasteiger partial charge in [-0.1, -0.05) is 32.6 Å². The standard InChI is InChI=1S/C10H22N2/c1-2-10(11)12-9-7-5-3-4-6-8-9/h9-10,12H,2-8,11H2,1H3. The molecule has 0 aromatic carbocycles. The number of hydrogen-bond donors (Lipinski definition) is 2. The minimum Gasteiger partial charge on any atom is -0.316 e. The molecule has 0 radical (unpaired) electrons. The molecule has 0 spiro atoms. The van der Waals surface area contributed by atoms with Gasteiger partial charge in [0.15, 0.2) is 0 Å². The van der Waals surface area contributed by atoms with E-state index in [1.54, 1.807) is 0 Å². The normalized spacial score (nSPS) is 23.5.